The van der Waals surface area contributed by atoms with Gasteiger partial charge in [-0.05, 0) is 25.8 Å². The molecule has 76 valence electrons. The van der Waals surface area contributed by atoms with Crippen molar-refractivity contribution >= 4 is 5.91 Å². The van der Waals surface area contributed by atoms with Crippen molar-refractivity contribution in [1.29, 1.82) is 0 Å². The lowest BCUT2D eigenvalue weighted by molar-refractivity contribution is -0.120. The van der Waals surface area contributed by atoms with Crippen molar-refractivity contribution < 1.29 is 4.79 Å². The van der Waals surface area contributed by atoms with Crippen LogP contribution in [0.25, 0.3) is 0 Å². The second-order valence-corrected chi connectivity index (χ2v) is 3.66. The highest BCUT2D eigenvalue weighted by Gasteiger charge is 2.25. The first-order valence-electron chi connectivity index (χ1n) is 4.96. The first-order chi connectivity index (χ1) is 6.24. The molecular weight excluding hydrogens is 166 g/mol. The minimum atomic E-state index is -0.232. The van der Waals surface area contributed by atoms with Crippen molar-refractivity contribution in [2.24, 2.45) is 11.5 Å². The summed E-state index contributed by atoms with van der Waals surface area (Å²) in [5.41, 5.74) is 10.6. The van der Waals surface area contributed by atoms with Crippen LogP contribution < -0.4 is 11.5 Å². The van der Waals surface area contributed by atoms with E-state index in [4.69, 9.17) is 11.5 Å². The summed E-state index contributed by atoms with van der Waals surface area (Å²) in [4.78, 5) is 12.9. The third-order valence-corrected chi connectivity index (χ3v) is 2.60. The highest BCUT2D eigenvalue weighted by atomic mass is 16.1. The Morgan fingerprint density at radius 3 is 2.54 bits per heavy atom. The molecule has 1 rings (SSSR count). The summed E-state index contributed by atoms with van der Waals surface area (Å²) in [6.07, 6.45) is 4.64. The van der Waals surface area contributed by atoms with E-state index < -0.39 is 0 Å². The molecule has 0 aliphatic heterocycles. The Kier molecular flexibility index (Phi) is 4.18. The standard InChI is InChI=1S/C9H19N3O/c10-5-2-6-12(7-9(11)13)8-3-1-4-8/h8H,1-7,10H2,(H2,11,13). The number of primary amides is 1. The van der Waals surface area contributed by atoms with Crippen molar-refractivity contribution in [1.82, 2.24) is 4.90 Å². The molecule has 0 aromatic heterocycles. The molecule has 0 radical (unpaired) electrons. The van der Waals surface area contributed by atoms with Gasteiger partial charge in [-0.25, -0.2) is 0 Å². The van der Waals surface area contributed by atoms with Crippen molar-refractivity contribution in [3.05, 3.63) is 0 Å². The van der Waals surface area contributed by atoms with E-state index in [-0.39, 0.29) is 5.91 Å². The van der Waals surface area contributed by atoms with Crippen LogP contribution in [0.5, 0.6) is 0 Å². The molecule has 0 saturated heterocycles. The maximum atomic E-state index is 10.8. The van der Waals surface area contributed by atoms with E-state index in [0.717, 1.165) is 13.0 Å². The Balaban J connectivity index is 2.28. The summed E-state index contributed by atoms with van der Waals surface area (Å²) < 4.78 is 0. The normalized spacial score (nSPS) is 17.4. The van der Waals surface area contributed by atoms with Crippen LogP contribution in [0.2, 0.25) is 0 Å². The third-order valence-electron chi connectivity index (χ3n) is 2.60. The van der Waals surface area contributed by atoms with E-state index in [1.165, 1.54) is 19.3 Å². The van der Waals surface area contributed by atoms with E-state index in [2.05, 4.69) is 4.90 Å². The second-order valence-electron chi connectivity index (χ2n) is 3.66. The van der Waals surface area contributed by atoms with E-state index >= 15 is 0 Å². The lowest BCUT2D eigenvalue weighted by atomic mass is 9.91. The van der Waals surface area contributed by atoms with Crippen LogP contribution >= 0.6 is 0 Å². The van der Waals surface area contributed by atoms with Gasteiger partial charge in [0.1, 0.15) is 0 Å². The van der Waals surface area contributed by atoms with E-state index in [1.54, 1.807) is 0 Å². The van der Waals surface area contributed by atoms with Crippen LogP contribution in [0, 0.1) is 0 Å². The fourth-order valence-corrected chi connectivity index (χ4v) is 1.64. The number of nitrogens with two attached hydrogens (primary N) is 2. The van der Waals surface area contributed by atoms with Gasteiger partial charge in [0.15, 0.2) is 0 Å². The molecule has 0 spiro atoms. The van der Waals surface area contributed by atoms with Crippen molar-refractivity contribution in [2.75, 3.05) is 19.6 Å². The van der Waals surface area contributed by atoms with Gasteiger partial charge in [0.05, 0.1) is 6.54 Å². The Morgan fingerprint density at radius 1 is 1.46 bits per heavy atom. The number of nitrogens with zero attached hydrogens (tertiary/aromatic N) is 1. The summed E-state index contributed by atoms with van der Waals surface area (Å²) in [6.45, 7) is 1.98. The summed E-state index contributed by atoms with van der Waals surface area (Å²) in [5.74, 6) is -0.232. The van der Waals surface area contributed by atoms with Gasteiger partial charge in [-0.3, -0.25) is 9.69 Å². The largest absolute Gasteiger partial charge is 0.369 e. The minimum Gasteiger partial charge on any atom is -0.369 e. The zero-order valence-corrected chi connectivity index (χ0v) is 8.04. The Morgan fingerprint density at radius 2 is 2.15 bits per heavy atom. The first kappa shape index (κ1) is 10.5. The molecule has 13 heavy (non-hydrogen) atoms. The molecule has 1 aliphatic carbocycles. The summed E-state index contributed by atoms with van der Waals surface area (Å²) >= 11 is 0. The Bertz CT molecular complexity index is 168. The lowest BCUT2D eigenvalue weighted by Crippen LogP contribution is -2.45. The number of rotatable bonds is 6. The first-order valence-corrected chi connectivity index (χ1v) is 4.96. The van der Waals surface area contributed by atoms with Gasteiger partial charge in [0.25, 0.3) is 0 Å². The summed E-state index contributed by atoms with van der Waals surface area (Å²) in [7, 11) is 0. The van der Waals surface area contributed by atoms with E-state index in [9.17, 15) is 4.79 Å². The maximum Gasteiger partial charge on any atom is 0.231 e. The second kappa shape index (κ2) is 5.19. The molecule has 0 unspecified atom stereocenters. The summed E-state index contributed by atoms with van der Waals surface area (Å²) in [5, 5.41) is 0. The van der Waals surface area contributed by atoms with Gasteiger partial charge in [-0.1, -0.05) is 6.42 Å². The molecular formula is C9H19N3O. The molecule has 4 heteroatoms. The van der Waals surface area contributed by atoms with Crippen LogP contribution in [0.3, 0.4) is 0 Å². The SMILES string of the molecule is NCCCN(CC(N)=O)C1CCC1. The molecule has 1 saturated carbocycles. The molecule has 0 bridgehead atoms. The van der Waals surface area contributed by atoms with Crippen LogP contribution in [0.15, 0.2) is 0 Å². The highest BCUT2D eigenvalue weighted by molar-refractivity contribution is 5.75. The fourth-order valence-electron chi connectivity index (χ4n) is 1.64. The molecule has 0 heterocycles. The monoisotopic (exact) mass is 185 g/mol. The Labute approximate surface area is 79.3 Å². The topological polar surface area (TPSA) is 72.3 Å². The quantitative estimate of drug-likeness (QED) is 0.595. The predicted octanol–water partition coefficient (Wildman–Crippen LogP) is -0.325. The lowest BCUT2D eigenvalue weighted by Gasteiger charge is -2.36. The Hall–Kier alpha value is -0.610. The van der Waals surface area contributed by atoms with Crippen molar-refractivity contribution in [3.8, 4) is 0 Å². The average molecular weight is 185 g/mol. The van der Waals surface area contributed by atoms with Gasteiger partial charge in [0.2, 0.25) is 5.91 Å². The van der Waals surface area contributed by atoms with Crippen LogP contribution in [-0.4, -0.2) is 36.5 Å². The molecule has 1 fully saturated rings. The fraction of sp³-hybridized carbons (Fsp3) is 0.889. The molecule has 4 nitrogen and oxygen atoms in total. The van der Waals surface area contributed by atoms with Crippen LogP contribution in [0.4, 0.5) is 0 Å². The molecule has 4 N–H and O–H groups in total. The van der Waals surface area contributed by atoms with Gasteiger partial charge in [0, 0.05) is 12.6 Å². The summed E-state index contributed by atoms with van der Waals surface area (Å²) in [6, 6.07) is 0.582. The molecule has 1 aliphatic rings. The minimum absolute atomic E-state index is 0.232. The van der Waals surface area contributed by atoms with Crippen LogP contribution in [-0.2, 0) is 4.79 Å². The van der Waals surface area contributed by atoms with Gasteiger partial charge < -0.3 is 11.5 Å². The van der Waals surface area contributed by atoms with Gasteiger partial charge in [-0.15, -0.1) is 0 Å². The molecule has 0 atom stereocenters. The smallest absolute Gasteiger partial charge is 0.231 e. The molecule has 1 amide bonds. The van der Waals surface area contributed by atoms with Crippen molar-refractivity contribution in [2.45, 2.75) is 31.7 Å². The predicted molar refractivity (Wildman–Crippen MR) is 52.1 cm³/mol. The van der Waals surface area contributed by atoms with Gasteiger partial charge in [-0.2, -0.15) is 0 Å². The zero-order valence-electron chi connectivity index (χ0n) is 8.04. The van der Waals surface area contributed by atoms with Gasteiger partial charge >= 0.3 is 0 Å². The van der Waals surface area contributed by atoms with E-state index in [0.29, 0.717) is 19.1 Å². The zero-order chi connectivity index (χ0) is 9.68. The number of hydrogen-bond acceptors (Lipinski definition) is 3. The van der Waals surface area contributed by atoms with Crippen LogP contribution in [0.1, 0.15) is 25.7 Å². The maximum absolute atomic E-state index is 10.8. The molecule has 0 aromatic rings. The van der Waals surface area contributed by atoms with Crippen molar-refractivity contribution in [3.63, 3.8) is 0 Å². The third kappa shape index (κ3) is 3.32. The van der Waals surface area contributed by atoms with E-state index in [1.807, 2.05) is 0 Å². The number of hydrogen-bond donors (Lipinski definition) is 2. The number of carbonyl (C=O) groups excluding carboxylic acids is 1. The highest BCUT2D eigenvalue weighted by Crippen LogP contribution is 2.24. The number of carbonyl (C=O) groups is 1. The average Bonchev–Trinajstić information content (AvgIpc) is 1.95. The molecule has 0 aromatic carbocycles. The number of amides is 1.